The molecular weight excluding hydrogens is 278 g/mol. The SMILES string of the molecule is CC1COCCN1S(=O)(=O)N1CC2CCCN2CC1C. The standard InChI is InChI=1S/C13H25N3O3S/c1-11-8-14-5-3-4-13(14)9-16(11)20(17,18)15-6-7-19-10-12(15)2/h11-13H,3-10H2,1-2H3. The van der Waals surface area contributed by atoms with Gasteiger partial charge in [-0.2, -0.15) is 17.0 Å². The first-order valence-corrected chi connectivity index (χ1v) is 9.00. The van der Waals surface area contributed by atoms with Gasteiger partial charge in [0.15, 0.2) is 0 Å². The van der Waals surface area contributed by atoms with Gasteiger partial charge in [0.2, 0.25) is 0 Å². The summed E-state index contributed by atoms with van der Waals surface area (Å²) in [6.45, 7) is 8.05. The van der Waals surface area contributed by atoms with Gasteiger partial charge in [-0.15, -0.1) is 0 Å². The first-order valence-electron chi connectivity index (χ1n) is 7.60. The van der Waals surface area contributed by atoms with Crippen LogP contribution in [0.5, 0.6) is 0 Å². The molecule has 0 aromatic carbocycles. The third-order valence-electron chi connectivity index (χ3n) is 4.78. The maximum Gasteiger partial charge on any atom is 0.282 e. The molecule has 6 nitrogen and oxygen atoms in total. The molecule has 0 bridgehead atoms. The molecular formula is C13H25N3O3S. The van der Waals surface area contributed by atoms with Crippen LogP contribution in [0.1, 0.15) is 26.7 Å². The quantitative estimate of drug-likeness (QED) is 0.727. The van der Waals surface area contributed by atoms with E-state index in [1.807, 2.05) is 13.8 Å². The minimum Gasteiger partial charge on any atom is -0.378 e. The maximum absolute atomic E-state index is 12.9. The molecule has 3 unspecified atom stereocenters. The number of hydrogen-bond donors (Lipinski definition) is 0. The largest absolute Gasteiger partial charge is 0.378 e. The summed E-state index contributed by atoms with van der Waals surface area (Å²) in [7, 11) is -3.36. The lowest BCUT2D eigenvalue weighted by Crippen LogP contribution is -2.61. The van der Waals surface area contributed by atoms with Crippen molar-refractivity contribution in [2.24, 2.45) is 0 Å². The molecule has 0 spiro atoms. The first-order chi connectivity index (χ1) is 9.50. The van der Waals surface area contributed by atoms with Crippen LogP contribution in [0.4, 0.5) is 0 Å². The molecule has 0 aromatic rings. The van der Waals surface area contributed by atoms with Crippen molar-refractivity contribution in [2.45, 2.75) is 44.8 Å². The summed E-state index contributed by atoms with van der Waals surface area (Å²) in [5.74, 6) is 0. The van der Waals surface area contributed by atoms with Gasteiger partial charge in [-0.25, -0.2) is 0 Å². The molecule has 0 aliphatic carbocycles. The number of piperazine rings is 1. The van der Waals surface area contributed by atoms with E-state index in [9.17, 15) is 8.42 Å². The molecule has 3 heterocycles. The maximum atomic E-state index is 12.9. The van der Waals surface area contributed by atoms with Gasteiger partial charge in [-0.05, 0) is 33.2 Å². The Morgan fingerprint density at radius 2 is 1.85 bits per heavy atom. The summed E-state index contributed by atoms with van der Waals surface area (Å²) < 4.78 is 34.6. The number of fused-ring (bicyclic) bond motifs is 1. The van der Waals surface area contributed by atoms with E-state index in [4.69, 9.17) is 4.74 Å². The van der Waals surface area contributed by atoms with Crippen LogP contribution in [-0.2, 0) is 14.9 Å². The topological polar surface area (TPSA) is 53.1 Å². The van der Waals surface area contributed by atoms with E-state index in [1.165, 1.54) is 6.42 Å². The predicted octanol–water partition coefficient (Wildman–Crippen LogP) is 0.120. The summed E-state index contributed by atoms with van der Waals surface area (Å²) >= 11 is 0. The third kappa shape index (κ3) is 2.50. The van der Waals surface area contributed by atoms with Crippen LogP contribution in [0.3, 0.4) is 0 Å². The summed E-state index contributed by atoms with van der Waals surface area (Å²) in [6, 6.07) is 0.407. The number of ether oxygens (including phenoxy) is 1. The fourth-order valence-corrected chi connectivity index (χ4v) is 5.64. The first kappa shape index (κ1) is 14.7. The van der Waals surface area contributed by atoms with E-state index in [2.05, 4.69) is 4.90 Å². The number of nitrogens with zero attached hydrogens (tertiary/aromatic N) is 3. The Hall–Kier alpha value is -0.210. The van der Waals surface area contributed by atoms with E-state index in [1.54, 1.807) is 8.61 Å². The zero-order chi connectivity index (χ0) is 14.3. The Morgan fingerprint density at radius 1 is 1.05 bits per heavy atom. The fraction of sp³-hybridized carbons (Fsp3) is 1.00. The van der Waals surface area contributed by atoms with Crippen LogP contribution >= 0.6 is 0 Å². The Kier molecular flexibility index (Phi) is 4.07. The second-order valence-corrected chi connectivity index (χ2v) is 8.09. The van der Waals surface area contributed by atoms with Gasteiger partial charge in [0.25, 0.3) is 10.2 Å². The van der Waals surface area contributed by atoms with Crippen molar-refractivity contribution >= 4 is 10.2 Å². The highest BCUT2D eigenvalue weighted by atomic mass is 32.2. The van der Waals surface area contributed by atoms with Gasteiger partial charge in [0.05, 0.1) is 13.2 Å². The lowest BCUT2D eigenvalue weighted by Gasteiger charge is -2.44. The molecule has 20 heavy (non-hydrogen) atoms. The van der Waals surface area contributed by atoms with Gasteiger partial charge >= 0.3 is 0 Å². The monoisotopic (exact) mass is 303 g/mol. The fourth-order valence-electron chi connectivity index (χ4n) is 3.67. The second kappa shape index (κ2) is 5.53. The molecule has 0 radical (unpaired) electrons. The molecule has 0 amide bonds. The minimum absolute atomic E-state index is 0.0596. The van der Waals surface area contributed by atoms with Crippen molar-refractivity contribution in [3.8, 4) is 0 Å². The second-order valence-electron chi connectivity index (χ2n) is 6.25. The summed E-state index contributed by atoms with van der Waals surface area (Å²) in [5.41, 5.74) is 0. The molecule has 3 fully saturated rings. The lowest BCUT2D eigenvalue weighted by molar-refractivity contribution is 0.0319. The van der Waals surface area contributed by atoms with E-state index in [-0.39, 0.29) is 12.1 Å². The van der Waals surface area contributed by atoms with Gasteiger partial charge in [0, 0.05) is 37.8 Å². The molecule has 3 aliphatic rings. The van der Waals surface area contributed by atoms with Crippen LogP contribution in [0, 0.1) is 0 Å². The highest BCUT2D eigenvalue weighted by Crippen LogP contribution is 2.28. The van der Waals surface area contributed by atoms with Gasteiger partial charge in [0.1, 0.15) is 0 Å². The number of rotatable bonds is 2. The minimum atomic E-state index is -3.36. The highest BCUT2D eigenvalue weighted by molar-refractivity contribution is 7.86. The van der Waals surface area contributed by atoms with Crippen molar-refractivity contribution < 1.29 is 13.2 Å². The van der Waals surface area contributed by atoms with Crippen LogP contribution in [0.15, 0.2) is 0 Å². The average Bonchev–Trinajstić information content (AvgIpc) is 2.85. The molecule has 0 saturated carbocycles. The van der Waals surface area contributed by atoms with E-state index in [0.29, 0.717) is 32.3 Å². The van der Waals surface area contributed by atoms with Crippen LogP contribution in [0.2, 0.25) is 0 Å². The zero-order valence-electron chi connectivity index (χ0n) is 12.4. The van der Waals surface area contributed by atoms with Gasteiger partial charge in [-0.3, -0.25) is 4.90 Å². The van der Waals surface area contributed by atoms with E-state index < -0.39 is 10.2 Å². The molecule has 7 heteroatoms. The van der Waals surface area contributed by atoms with Gasteiger partial charge < -0.3 is 4.74 Å². The smallest absolute Gasteiger partial charge is 0.282 e. The molecule has 3 saturated heterocycles. The predicted molar refractivity (Wildman–Crippen MR) is 76.7 cm³/mol. The Balaban J connectivity index is 1.79. The van der Waals surface area contributed by atoms with E-state index in [0.717, 1.165) is 19.5 Å². The molecule has 0 aromatic heterocycles. The molecule has 116 valence electrons. The summed E-state index contributed by atoms with van der Waals surface area (Å²) in [4.78, 5) is 2.44. The lowest BCUT2D eigenvalue weighted by atomic mass is 10.1. The van der Waals surface area contributed by atoms with Crippen LogP contribution in [-0.4, -0.2) is 79.4 Å². The van der Waals surface area contributed by atoms with Crippen molar-refractivity contribution in [3.63, 3.8) is 0 Å². The normalized spacial score (nSPS) is 38.0. The van der Waals surface area contributed by atoms with Crippen molar-refractivity contribution in [3.05, 3.63) is 0 Å². The average molecular weight is 303 g/mol. The summed E-state index contributed by atoms with van der Waals surface area (Å²) in [5, 5.41) is 0. The van der Waals surface area contributed by atoms with Crippen molar-refractivity contribution in [1.82, 2.24) is 13.5 Å². The Morgan fingerprint density at radius 3 is 2.60 bits per heavy atom. The Bertz CT molecular complexity index is 456. The zero-order valence-corrected chi connectivity index (χ0v) is 13.2. The summed E-state index contributed by atoms with van der Waals surface area (Å²) in [6.07, 6.45) is 2.32. The van der Waals surface area contributed by atoms with Crippen LogP contribution < -0.4 is 0 Å². The molecule has 0 N–H and O–H groups in total. The molecule has 3 aliphatic heterocycles. The molecule has 3 rings (SSSR count). The van der Waals surface area contributed by atoms with Gasteiger partial charge in [-0.1, -0.05) is 0 Å². The van der Waals surface area contributed by atoms with Crippen molar-refractivity contribution in [1.29, 1.82) is 0 Å². The highest BCUT2D eigenvalue weighted by Gasteiger charge is 2.43. The molecule has 3 atom stereocenters. The number of hydrogen-bond acceptors (Lipinski definition) is 4. The number of morpholine rings is 1. The third-order valence-corrected chi connectivity index (χ3v) is 7.02. The van der Waals surface area contributed by atoms with E-state index >= 15 is 0 Å². The Labute approximate surface area is 121 Å². The van der Waals surface area contributed by atoms with Crippen molar-refractivity contribution in [2.75, 3.05) is 39.4 Å². The van der Waals surface area contributed by atoms with Crippen LogP contribution in [0.25, 0.3) is 0 Å².